The quantitative estimate of drug-likeness (QED) is 0.309. The zero-order chi connectivity index (χ0) is 16.9. The van der Waals surface area contributed by atoms with E-state index in [4.69, 9.17) is 0 Å². The van der Waals surface area contributed by atoms with Gasteiger partial charge in [-0.2, -0.15) is 0 Å². The number of carbonyl (C=O) groups excluding carboxylic acids is 1. The Balaban J connectivity index is 1.81. The number of nitrogens with zero attached hydrogens (tertiary/aromatic N) is 5. The first-order valence-corrected chi connectivity index (χ1v) is 6.94. The monoisotopic (exact) mass is 321 g/mol. The number of benzene rings is 2. The number of tetrazole rings is 1. The van der Waals surface area contributed by atoms with Crippen LogP contribution in [-0.4, -0.2) is 30.9 Å². The van der Waals surface area contributed by atoms with E-state index >= 15 is 0 Å². The number of nitro benzene ring substituents is 1. The third-order valence-electron chi connectivity index (χ3n) is 3.25. The van der Waals surface area contributed by atoms with Crippen LogP contribution >= 0.6 is 0 Å². The average Bonchev–Trinajstić information content (AvgIpc) is 3.15. The maximum atomic E-state index is 12.3. The van der Waals surface area contributed by atoms with Crippen molar-refractivity contribution in [2.24, 2.45) is 0 Å². The molecule has 0 aliphatic heterocycles. The van der Waals surface area contributed by atoms with Gasteiger partial charge in [-0.15, -0.1) is 5.10 Å². The summed E-state index contributed by atoms with van der Waals surface area (Å²) in [6, 6.07) is 12.9. The van der Waals surface area contributed by atoms with Gasteiger partial charge in [0.15, 0.2) is 5.78 Å². The van der Waals surface area contributed by atoms with Gasteiger partial charge in [0.2, 0.25) is 0 Å². The van der Waals surface area contributed by atoms with E-state index in [0.717, 1.165) is 0 Å². The van der Waals surface area contributed by atoms with Crippen LogP contribution in [0.3, 0.4) is 0 Å². The molecule has 0 aliphatic rings. The van der Waals surface area contributed by atoms with Crippen LogP contribution in [0, 0.1) is 10.1 Å². The van der Waals surface area contributed by atoms with Crippen molar-refractivity contribution in [1.29, 1.82) is 0 Å². The molecular weight excluding hydrogens is 310 g/mol. The van der Waals surface area contributed by atoms with Gasteiger partial charge in [-0.3, -0.25) is 14.9 Å². The predicted molar refractivity (Wildman–Crippen MR) is 85.6 cm³/mol. The standard InChI is InChI=1S/C16H11N5O3/c22-16(8-7-12-3-1-6-15(9-12)21(23)24)13-4-2-5-14(10-13)20-11-17-18-19-20/h1-11H/b8-7+. The molecule has 0 amide bonds. The third kappa shape index (κ3) is 3.38. The van der Waals surface area contributed by atoms with Gasteiger partial charge in [0, 0.05) is 17.7 Å². The zero-order valence-electron chi connectivity index (χ0n) is 12.3. The summed E-state index contributed by atoms with van der Waals surface area (Å²) in [5.74, 6) is -0.226. The van der Waals surface area contributed by atoms with Crippen molar-refractivity contribution in [3.63, 3.8) is 0 Å². The highest BCUT2D eigenvalue weighted by Crippen LogP contribution is 2.15. The van der Waals surface area contributed by atoms with E-state index in [1.807, 2.05) is 0 Å². The van der Waals surface area contributed by atoms with Crippen molar-refractivity contribution in [2.75, 3.05) is 0 Å². The fourth-order valence-corrected chi connectivity index (χ4v) is 2.09. The Morgan fingerprint density at radius 2 is 2.00 bits per heavy atom. The maximum Gasteiger partial charge on any atom is 0.270 e. The molecule has 0 bridgehead atoms. The van der Waals surface area contributed by atoms with E-state index in [2.05, 4.69) is 15.5 Å². The minimum Gasteiger partial charge on any atom is -0.289 e. The first kappa shape index (κ1) is 15.2. The fourth-order valence-electron chi connectivity index (χ4n) is 2.09. The lowest BCUT2D eigenvalue weighted by atomic mass is 10.1. The number of hydrogen-bond donors (Lipinski definition) is 0. The number of allylic oxidation sites excluding steroid dienone is 1. The molecule has 1 aromatic heterocycles. The highest BCUT2D eigenvalue weighted by Gasteiger charge is 2.06. The minimum absolute atomic E-state index is 0.0229. The number of rotatable bonds is 5. The molecule has 0 spiro atoms. The van der Waals surface area contributed by atoms with Gasteiger partial charge >= 0.3 is 0 Å². The molecule has 8 nitrogen and oxygen atoms in total. The summed E-state index contributed by atoms with van der Waals surface area (Å²) >= 11 is 0. The molecular formula is C16H11N5O3. The molecule has 24 heavy (non-hydrogen) atoms. The van der Waals surface area contributed by atoms with Crippen LogP contribution < -0.4 is 0 Å². The molecule has 0 radical (unpaired) electrons. The molecule has 0 saturated heterocycles. The topological polar surface area (TPSA) is 104 Å². The van der Waals surface area contributed by atoms with Gasteiger partial charge in [0.25, 0.3) is 5.69 Å². The maximum absolute atomic E-state index is 12.3. The molecule has 8 heteroatoms. The number of ketones is 1. The Morgan fingerprint density at radius 3 is 2.75 bits per heavy atom. The summed E-state index contributed by atoms with van der Waals surface area (Å²) in [4.78, 5) is 22.6. The van der Waals surface area contributed by atoms with Gasteiger partial charge in [-0.05, 0) is 34.2 Å². The molecule has 0 unspecified atom stereocenters. The largest absolute Gasteiger partial charge is 0.289 e. The zero-order valence-corrected chi connectivity index (χ0v) is 12.3. The molecule has 0 N–H and O–H groups in total. The first-order chi connectivity index (χ1) is 11.6. The second kappa shape index (κ2) is 6.61. The highest BCUT2D eigenvalue weighted by atomic mass is 16.6. The van der Waals surface area contributed by atoms with E-state index in [1.165, 1.54) is 29.2 Å². The van der Waals surface area contributed by atoms with Crippen LogP contribution in [0.4, 0.5) is 5.69 Å². The van der Waals surface area contributed by atoms with Gasteiger partial charge in [-0.1, -0.05) is 30.3 Å². The Hall–Kier alpha value is -3.68. The number of nitro groups is 1. The Bertz CT molecular complexity index is 919. The Morgan fingerprint density at radius 1 is 1.17 bits per heavy atom. The van der Waals surface area contributed by atoms with Crippen molar-refractivity contribution in [2.45, 2.75) is 0 Å². The molecule has 2 aromatic carbocycles. The SMILES string of the molecule is O=C(/C=C/c1cccc([N+](=O)[O-])c1)c1cccc(-n2cnnn2)c1. The highest BCUT2D eigenvalue weighted by molar-refractivity contribution is 6.07. The second-order valence-corrected chi connectivity index (χ2v) is 4.85. The molecule has 0 atom stereocenters. The molecule has 0 saturated carbocycles. The normalized spacial score (nSPS) is 10.8. The van der Waals surface area contributed by atoms with Crippen LogP contribution in [0.1, 0.15) is 15.9 Å². The summed E-state index contributed by atoms with van der Waals surface area (Å²) in [6.45, 7) is 0. The van der Waals surface area contributed by atoms with Crippen LogP contribution in [0.15, 0.2) is 60.9 Å². The van der Waals surface area contributed by atoms with E-state index in [1.54, 1.807) is 42.5 Å². The van der Waals surface area contributed by atoms with Crippen molar-refractivity contribution >= 4 is 17.5 Å². The summed E-state index contributed by atoms with van der Waals surface area (Å²) < 4.78 is 1.45. The van der Waals surface area contributed by atoms with Crippen molar-refractivity contribution in [3.8, 4) is 5.69 Å². The molecule has 118 valence electrons. The molecule has 1 heterocycles. The van der Waals surface area contributed by atoms with Crippen molar-refractivity contribution in [3.05, 3.63) is 82.2 Å². The van der Waals surface area contributed by atoms with Gasteiger partial charge in [-0.25, -0.2) is 4.68 Å². The van der Waals surface area contributed by atoms with Crippen LogP contribution in [0.5, 0.6) is 0 Å². The molecule has 3 rings (SSSR count). The smallest absolute Gasteiger partial charge is 0.270 e. The molecule has 3 aromatic rings. The van der Waals surface area contributed by atoms with E-state index in [9.17, 15) is 14.9 Å². The number of aromatic nitrogens is 4. The Kier molecular flexibility index (Phi) is 4.19. The summed E-state index contributed by atoms with van der Waals surface area (Å²) in [5.41, 5.74) is 1.68. The second-order valence-electron chi connectivity index (χ2n) is 4.85. The third-order valence-corrected chi connectivity index (χ3v) is 3.25. The molecule has 0 fully saturated rings. The van der Waals surface area contributed by atoms with E-state index in [0.29, 0.717) is 16.8 Å². The van der Waals surface area contributed by atoms with Crippen molar-refractivity contribution in [1.82, 2.24) is 20.2 Å². The summed E-state index contributed by atoms with van der Waals surface area (Å²) in [7, 11) is 0. The van der Waals surface area contributed by atoms with Crippen LogP contribution in [0.25, 0.3) is 11.8 Å². The van der Waals surface area contributed by atoms with Crippen LogP contribution in [-0.2, 0) is 0 Å². The lowest BCUT2D eigenvalue weighted by Crippen LogP contribution is -1.99. The number of hydrogen-bond acceptors (Lipinski definition) is 6. The van der Waals surface area contributed by atoms with Crippen molar-refractivity contribution < 1.29 is 9.72 Å². The lowest BCUT2D eigenvalue weighted by Gasteiger charge is -2.01. The fraction of sp³-hybridized carbons (Fsp3) is 0. The lowest BCUT2D eigenvalue weighted by molar-refractivity contribution is -0.384. The van der Waals surface area contributed by atoms with Gasteiger partial charge < -0.3 is 0 Å². The van der Waals surface area contributed by atoms with E-state index < -0.39 is 4.92 Å². The van der Waals surface area contributed by atoms with E-state index in [-0.39, 0.29) is 11.5 Å². The Labute approximate surface area is 136 Å². The number of non-ortho nitro benzene ring substituents is 1. The molecule has 0 aliphatic carbocycles. The average molecular weight is 321 g/mol. The van der Waals surface area contributed by atoms with Crippen LogP contribution in [0.2, 0.25) is 0 Å². The minimum atomic E-state index is -0.477. The van der Waals surface area contributed by atoms with Gasteiger partial charge in [0.05, 0.1) is 10.6 Å². The number of carbonyl (C=O) groups is 1. The first-order valence-electron chi connectivity index (χ1n) is 6.94. The summed E-state index contributed by atoms with van der Waals surface area (Å²) in [5, 5.41) is 21.6. The predicted octanol–water partition coefficient (Wildman–Crippen LogP) is 2.47. The summed E-state index contributed by atoms with van der Waals surface area (Å²) in [6.07, 6.45) is 4.35. The van der Waals surface area contributed by atoms with Gasteiger partial charge in [0.1, 0.15) is 6.33 Å².